The van der Waals surface area contributed by atoms with E-state index in [4.69, 9.17) is 43.9 Å². The molecule has 15 N–H and O–H groups in total. The van der Waals surface area contributed by atoms with Crippen molar-refractivity contribution in [3.8, 4) is 11.5 Å². The van der Waals surface area contributed by atoms with Crippen LogP contribution in [0.3, 0.4) is 0 Å². The standard InChI is InChI=1S/C47H57N15O7/c1-26(2)40(50)46(66)69-36-19-16-28(24-34(36)62-61-33-18-21-38(57-43(33)53)58-45(65)30(49)13-9-10-22-48)23-27(3)41(51)47(67)68-35-15-8-7-14-31(35)59-60-32-17-20-37(56-42(32)52)55-39(63)25-54-44(64)29-11-5-4-6-12-29/h4-8,11-12,14-21,24,26-27,30,40-41H,9-10,13,22-23,25,48-51H2,1-3H3,(H,54,64)(H3,52,55,56,63)(H3,53,57,58,65)/b60-59+,62-61+/t27?,30-,40-,41-/m0/s1. The number of nitrogens with two attached hydrogens (primary N) is 6. The Labute approximate surface area is 398 Å². The molecule has 5 aromatic rings. The van der Waals surface area contributed by atoms with Crippen LogP contribution in [0.4, 0.5) is 46.0 Å². The molecule has 2 aromatic heterocycles. The number of pyridine rings is 2. The van der Waals surface area contributed by atoms with Gasteiger partial charge in [0.25, 0.3) is 5.91 Å². The van der Waals surface area contributed by atoms with E-state index in [9.17, 15) is 24.0 Å². The molecule has 0 aliphatic carbocycles. The van der Waals surface area contributed by atoms with Crippen LogP contribution in [-0.2, 0) is 25.6 Å². The number of hydrogen-bond donors (Lipinski definition) is 9. The summed E-state index contributed by atoms with van der Waals surface area (Å²) in [5.74, 6) is -3.19. The molecule has 0 bridgehead atoms. The quantitative estimate of drug-likeness (QED) is 0.0185. The molecule has 0 saturated heterocycles. The molecular formula is C47H57N15O7. The van der Waals surface area contributed by atoms with Crippen LogP contribution < -0.4 is 59.8 Å². The summed E-state index contributed by atoms with van der Waals surface area (Å²) in [5, 5.41) is 24.7. The average molecular weight is 944 g/mol. The second-order valence-corrected chi connectivity index (χ2v) is 16.2. The summed E-state index contributed by atoms with van der Waals surface area (Å²) in [7, 11) is 0. The van der Waals surface area contributed by atoms with Crippen LogP contribution in [-0.4, -0.2) is 70.8 Å². The van der Waals surface area contributed by atoms with Crippen molar-refractivity contribution in [2.75, 3.05) is 35.2 Å². The minimum Gasteiger partial charge on any atom is -0.423 e. The van der Waals surface area contributed by atoms with E-state index in [2.05, 4.69) is 46.4 Å². The van der Waals surface area contributed by atoms with Crippen molar-refractivity contribution >= 4 is 75.7 Å². The maximum atomic E-state index is 13.5. The number of azo groups is 2. The Bertz CT molecular complexity index is 2660. The van der Waals surface area contributed by atoms with Gasteiger partial charge in [-0.25, -0.2) is 19.6 Å². The zero-order valence-electron chi connectivity index (χ0n) is 38.4. The fourth-order valence-corrected chi connectivity index (χ4v) is 6.19. The number of amides is 3. The number of nitrogens with zero attached hydrogens (tertiary/aromatic N) is 6. The SMILES string of the molecule is CC(C)[C@H](N)C(=O)Oc1ccc(CC(C)[C@H](N)C(=O)Oc2ccccc2/N=N/c2ccc(NC(=O)CNC(=O)c3ccccc3)nc2N)cc1/N=N/c1ccc(NC(=O)[C@@H](N)CCCCN)nc1N. The van der Waals surface area contributed by atoms with E-state index in [1.54, 1.807) is 81.4 Å². The van der Waals surface area contributed by atoms with Crippen molar-refractivity contribution in [1.29, 1.82) is 0 Å². The van der Waals surface area contributed by atoms with E-state index >= 15 is 0 Å². The zero-order valence-corrected chi connectivity index (χ0v) is 38.4. The Morgan fingerprint density at radius 1 is 0.638 bits per heavy atom. The number of para-hydroxylation sites is 1. The van der Waals surface area contributed by atoms with Crippen LogP contribution in [0.1, 0.15) is 56.0 Å². The molecule has 0 radical (unpaired) electrons. The van der Waals surface area contributed by atoms with Gasteiger partial charge in [-0.15, -0.1) is 20.5 Å². The maximum absolute atomic E-state index is 13.5. The lowest BCUT2D eigenvalue weighted by Crippen LogP contribution is -2.40. The Balaban J connectivity index is 1.23. The molecule has 0 spiro atoms. The Kier molecular flexibility index (Phi) is 19.0. The first-order valence-corrected chi connectivity index (χ1v) is 22.0. The highest BCUT2D eigenvalue weighted by atomic mass is 16.5. The Morgan fingerprint density at radius 2 is 1.20 bits per heavy atom. The average Bonchev–Trinajstić information content (AvgIpc) is 3.33. The molecule has 362 valence electrons. The molecule has 3 aromatic carbocycles. The van der Waals surface area contributed by atoms with Crippen LogP contribution in [0.2, 0.25) is 0 Å². The predicted molar refractivity (Wildman–Crippen MR) is 260 cm³/mol. The first-order chi connectivity index (χ1) is 33.0. The summed E-state index contributed by atoms with van der Waals surface area (Å²) < 4.78 is 11.4. The van der Waals surface area contributed by atoms with Crippen LogP contribution in [0.25, 0.3) is 0 Å². The van der Waals surface area contributed by atoms with Crippen molar-refractivity contribution in [3.05, 3.63) is 108 Å². The molecule has 2 heterocycles. The van der Waals surface area contributed by atoms with E-state index < -0.39 is 53.7 Å². The van der Waals surface area contributed by atoms with E-state index in [0.29, 0.717) is 30.5 Å². The van der Waals surface area contributed by atoms with Gasteiger partial charge in [0.1, 0.15) is 46.5 Å². The molecule has 0 fully saturated rings. The first-order valence-electron chi connectivity index (χ1n) is 22.0. The molecule has 1 unspecified atom stereocenters. The molecule has 3 amide bonds. The molecule has 4 atom stereocenters. The van der Waals surface area contributed by atoms with E-state index in [1.165, 1.54) is 36.4 Å². The second-order valence-electron chi connectivity index (χ2n) is 16.2. The molecule has 0 saturated carbocycles. The summed E-state index contributed by atoms with van der Waals surface area (Å²) in [6.07, 6.45) is 2.15. The molecule has 22 heteroatoms. The third-order valence-electron chi connectivity index (χ3n) is 10.3. The van der Waals surface area contributed by atoms with Gasteiger partial charge in [0.15, 0.2) is 23.1 Å². The van der Waals surface area contributed by atoms with Crippen molar-refractivity contribution in [3.63, 3.8) is 0 Å². The van der Waals surface area contributed by atoms with Gasteiger partial charge >= 0.3 is 11.9 Å². The number of carbonyl (C=O) groups is 5. The number of ether oxygens (including phenoxy) is 2. The van der Waals surface area contributed by atoms with Crippen LogP contribution in [0.5, 0.6) is 11.5 Å². The largest absolute Gasteiger partial charge is 0.423 e. The fraction of sp³-hybridized carbons (Fsp3) is 0.298. The van der Waals surface area contributed by atoms with Crippen LogP contribution in [0, 0.1) is 11.8 Å². The van der Waals surface area contributed by atoms with Crippen molar-refractivity contribution < 1.29 is 33.4 Å². The lowest BCUT2D eigenvalue weighted by Gasteiger charge is -2.20. The highest BCUT2D eigenvalue weighted by Gasteiger charge is 2.26. The summed E-state index contributed by atoms with van der Waals surface area (Å²) in [4.78, 5) is 72.0. The fourth-order valence-electron chi connectivity index (χ4n) is 6.19. The van der Waals surface area contributed by atoms with Gasteiger partial charge in [-0.1, -0.05) is 63.6 Å². The molecular weight excluding hydrogens is 887 g/mol. The third-order valence-corrected chi connectivity index (χ3v) is 10.3. The Hall–Kier alpha value is -8.05. The van der Waals surface area contributed by atoms with Gasteiger partial charge < -0.3 is 59.8 Å². The number of aromatic nitrogens is 2. The van der Waals surface area contributed by atoms with Gasteiger partial charge in [0.2, 0.25) is 11.8 Å². The van der Waals surface area contributed by atoms with Gasteiger partial charge in [0.05, 0.1) is 12.6 Å². The van der Waals surface area contributed by atoms with E-state index in [0.717, 1.165) is 6.42 Å². The van der Waals surface area contributed by atoms with Gasteiger partial charge in [0, 0.05) is 5.56 Å². The molecule has 0 aliphatic rings. The smallest absolute Gasteiger partial charge is 0.328 e. The summed E-state index contributed by atoms with van der Waals surface area (Å²) in [6.45, 7) is 5.53. The summed E-state index contributed by atoms with van der Waals surface area (Å²) >= 11 is 0. The monoisotopic (exact) mass is 943 g/mol. The second kappa shape index (κ2) is 25.2. The molecule has 0 aliphatic heterocycles. The molecule has 69 heavy (non-hydrogen) atoms. The lowest BCUT2D eigenvalue weighted by molar-refractivity contribution is -0.137. The van der Waals surface area contributed by atoms with Gasteiger partial charge in [-0.2, -0.15) is 0 Å². The van der Waals surface area contributed by atoms with E-state index in [-0.39, 0.29) is 76.4 Å². The normalized spacial score (nSPS) is 13.1. The number of unbranched alkanes of at least 4 members (excludes halogenated alkanes) is 1. The van der Waals surface area contributed by atoms with E-state index in [1.807, 2.05) is 0 Å². The topological polar surface area (TPSA) is 371 Å². The first kappa shape index (κ1) is 51.9. The molecule has 22 nitrogen and oxygen atoms in total. The van der Waals surface area contributed by atoms with Gasteiger partial charge in [-0.05, 0) is 104 Å². The van der Waals surface area contributed by atoms with Crippen LogP contribution in [0.15, 0.2) is 118 Å². The van der Waals surface area contributed by atoms with Gasteiger partial charge in [-0.3, -0.25) is 14.4 Å². The number of carbonyl (C=O) groups excluding carboxylic acids is 5. The predicted octanol–water partition coefficient (Wildman–Crippen LogP) is 5.24. The Morgan fingerprint density at radius 3 is 1.83 bits per heavy atom. The van der Waals surface area contributed by atoms with Crippen molar-refractivity contribution in [2.24, 2.45) is 55.2 Å². The highest BCUT2D eigenvalue weighted by molar-refractivity contribution is 5.99. The number of nitrogen functional groups attached to an aromatic ring is 2. The summed E-state index contributed by atoms with van der Waals surface area (Å²) in [5.41, 5.74) is 38.0. The number of nitrogens with one attached hydrogen (secondary N) is 3. The van der Waals surface area contributed by atoms with Crippen molar-refractivity contribution in [1.82, 2.24) is 15.3 Å². The molecule has 5 rings (SSSR count). The number of rotatable bonds is 22. The number of hydrogen-bond acceptors (Lipinski definition) is 19. The minimum atomic E-state index is -1.12. The zero-order chi connectivity index (χ0) is 50.0. The number of benzene rings is 3. The highest BCUT2D eigenvalue weighted by Crippen LogP contribution is 2.34. The number of esters is 2. The maximum Gasteiger partial charge on any atom is 0.328 e. The lowest BCUT2D eigenvalue weighted by atomic mass is 9.94. The summed E-state index contributed by atoms with van der Waals surface area (Å²) in [6, 6.07) is 22.8. The number of anilines is 4. The van der Waals surface area contributed by atoms with Crippen LogP contribution >= 0.6 is 0 Å². The minimum absolute atomic E-state index is 0.0481. The van der Waals surface area contributed by atoms with Crippen molar-refractivity contribution in [2.45, 2.75) is 64.6 Å². The third kappa shape index (κ3) is 15.5.